The highest BCUT2D eigenvalue weighted by Crippen LogP contribution is 2.23. The number of rotatable bonds is 5. The van der Waals surface area contributed by atoms with Crippen LogP contribution in [0.25, 0.3) is 0 Å². The highest BCUT2D eigenvalue weighted by Gasteiger charge is 2.18. The SMILES string of the molecule is CC(C)CC[C@@H](O)[C@@H](N)c1cc(F)cc(Cl)c1.Cl. The van der Waals surface area contributed by atoms with Crippen molar-refractivity contribution >= 4 is 24.0 Å². The molecule has 0 aliphatic carbocycles. The number of nitrogens with two attached hydrogens (primary N) is 1. The van der Waals surface area contributed by atoms with Gasteiger partial charge < -0.3 is 10.8 Å². The van der Waals surface area contributed by atoms with Crippen molar-refractivity contribution < 1.29 is 9.50 Å². The summed E-state index contributed by atoms with van der Waals surface area (Å²) >= 11 is 5.75. The third-order valence-electron chi connectivity index (χ3n) is 2.72. The first-order valence-electron chi connectivity index (χ1n) is 5.79. The van der Waals surface area contributed by atoms with Crippen LogP contribution in [0.4, 0.5) is 4.39 Å². The minimum Gasteiger partial charge on any atom is -0.391 e. The summed E-state index contributed by atoms with van der Waals surface area (Å²) in [4.78, 5) is 0. The smallest absolute Gasteiger partial charge is 0.125 e. The molecule has 0 radical (unpaired) electrons. The van der Waals surface area contributed by atoms with Crippen LogP contribution in [0.5, 0.6) is 0 Å². The lowest BCUT2D eigenvalue weighted by Gasteiger charge is -2.20. The van der Waals surface area contributed by atoms with E-state index in [4.69, 9.17) is 17.3 Å². The van der Waals surface area contributed by atoms with Crippen LogP contribution < -0.4 is 5.73 Å². The van der Waals surface area contributed by atoms with Gasteiger partial charge in [0.2, 0.25) is 0 Å². The lowest BCUT2D eigenvalue weighted by atomic mass is 9.96. The van der Waals surface area contributed by atoms with Gasteiger partial charge >= 0.3 is 0 Å². The summed E-state index contributed by atoms with van der Waals surface area (Å²) in [6, 6.07) is 3.53. The summed E-state index contributed by atoms with van der Waals surface area (Å²) in [6.07, 6.45) is 0.820. The number of halogens is 3. The molecule has 0 heterocycles. The van der Waals surface area contributed by atoms with Crippen molar-refractivity contribution in [3.05, 3.63) is 34.6 Å². The van der Waals surface area contributed by atoms with Crippen molar-refractivity contribution in [3.8, 4) is 0 Å². The van der Waals surface area contributed by atoms with E-state index in [2.05, 4.69) is 13.8 Å². The molecule has 3 N–H and O–H groups in total. The topological polar surface area (TPSA) is 46.2 Å². The number of benzene rings is 1. The molecule has 0 aliphatic rings. The van der Waals surface area contributed by atoms with Crippen LogP contribution in [-0.2, 0) is 0 Å². The summed E-state index contributed by atoms with van der Waals surface area (Å²) < 4.78 is 13.1. The molecule has 0 aliphatic heterocycles. The summed E-state index contributed by atoms with van der Waals surface area (Å²) in [5.41, 5.74) is 6.42. The Bertz CT molecular complexity index is 354. The van der Waals surface area contributed by atoms with Crippen molar-refractivity contribution in [2.75, 3.05) is 0 Å². The molecular weight excluding hydrogens is 276 g/mol. The molecule has 0 bridgehead atoms. The second kappa shape index (κ2) is 7.95. The molecule has 0 unspecified atom stereocenters. The molecule has 104 valence electrons. The first-order valence-corrected chi connectivity index (χ1v) is 6.17. The number of hydrogen-bond acceptors (Lipinski definition) is 2. The summed E-state index contributed by atoms with van der Waals surface area (Å²) in [7, 11) is 0. The van der Waals surface area contributed by atoms with Gasteiger partial charge in [0.05, 0.1) is 12.1 Å². The molecular formula is C13H20Cl2FNO. The fraction of sp³-hybridized carbons (Fsp3) is 0.538. The molecule has 0 saturated heterocycles. The third kappa shape index (κ3) is 5.53. The fourth-order valence-corrected chi connectivity index (χ4v) is 1.90. The summed E-state index contributed by atoms with van der Waals surface area (Å²) in [5, 5.41) is 10.2. The Labute approximate surface area is 119 Å². The van der Waals surface area contributed by atoms with E-state index in [-0.39, 0.29) is 12.4 Å². The zero-order valence-electron chi connectivity index (χ0n) is 10.6. The number of aliphatic hydroxyl groups excluding tert-OH is 1. The largest absolute Gasteiger partial charge is 0.391 e. The van der Waals surface area contributed by atoms with Crippen molar-refractivity contribution in [2.24, 2.45) is 11.7 Å². The van der Waals surface area contributed by atoms with Crippen LogP contribution in [0.3, 0.4) is 0 Å². The highest BCUT2D eigenvalue weighted by molar-refractivity contribution is 6.30. The molecule has 1 aromatic carbocycles. The van der Waals surface area contributed by atoms with Crippen molar-refractivity contribution in [3.63, 3.8) is 0 Å². The molecule has 0 aromatic heterocycles. The minimum absolute atomic E-state index is 0. The molecule has 0 saturated carbocycles. The zero-order chi connectivity index (χ0) is 13.0. The quantitative estimate of drug-likeness (QED) is 0.870. The monoisotopic (exact) mass is 295 g/mol. The summed E-state index contributed by atoms with van der Waals surface area (Å²) in [5.74, 6) is 0.0759. The molecule has 0 fully saturated rings. The van der Waals surface area contributed by atoms with E-state index in [1.165, 1.54) is 12.1 Å². The lowest BCUT2D eigenvalue weighted by molar-refractivity contribution is 0.128. The van der Waals surface area contributed by atoms with Gasteiger partial charge in [0.1, 0.15) is 5.82 Å². The summed E-state index contributed by atoms with van der Waals surface area (Å²) in [6.45, 7) is 4.16. The maximum Gasteiger partial charge on any atom is 0.125 e. The average molecular weight is 296 g/mol. The predicted molar refractivity (Wildman–Crippen MR) is 75.7 cm³/mol. The Morgan fingerprint density at radius 3 is 2.39 bits per heavy atom. The Balaban J connectivity index is 0.00000289. The molecule has 0 spiro atoms. The molecule has 5 heteroatoms. The van der Waals surface area contributed by atoms with Crippen LogP contribution in [0.15, 0.2) is 18.2 Å². The van der Waals surface area contributed by atoms with Gasteiger partial charge in [0.25, 0.3) is 0 Å². The first-order chi connectivity index (χ1) is 7.90. The maximum absolute atomic E-state index is 13.1. The van der Waals surface area contributed by atoms with Crippen LogP contribution in [0.1, 0.15) is 38.3 Å². The van der Waals surface area contributed by atoms with Crippen LogP contribution in [0.2, 0.25) is 5.02 Å². The predicted octanol–water partition coefficient (Wildman–Crippen LogP) is 3.70. The van der Waals surface area contributed by atoms with Crippen molar-refractivity contribution in [2.45, 2.75) is 38.8 Å². The number of hydrogen-bond donors (Lipinski definition) is 2. The molecule has 1 aromatic rings. The number of aliphatic hydroxyl groups is 1. The Morgan fingerprint density at radius 2 is 1.89 bits per heavy atom. The standard InChI is InChI=1S/C13H19ClFNO.ClH/c1-8(2)3-4-12(17)13(16)9-5-10(14)7-11(15)6-9;/h5-8,12-13,17H,3-4,16H2,1-2H3;1H/t12-,13+;/m1./s1. The van der Waals surface area contributed by atoms with Gasteiger partial charge in [0.15, 0.2) is 0 Å². The van der Waals surface area contributed by atoms with Crippen molar-refractivity contribution in [1.82, 2.24) is 0 Å². The Hall–Kier alpha value is -0.350. The van der Waals surface area contributed by atoms with Crippen molar-refractivity contribution in [1.29, 1.82) is 0 Å². The van der Waals surface area contributed by atoms with Crippen LogP contribution in [-0.4, -0.2) is 11.2 Å². The molecule has 0 amide bonds. The van der Waals surface area contributed by atoms with E-state index >= 15 is 0 Å². The normalized spacial score (nSPS) is 14.2. The third-order valence-corrected chi connectivity index (χ3v) is 2.94. The molecule has 2 atom stereocenters. The van der Waals surface area contributed by atoms with Crippen LogP contribution in [0, 0.1) is 11.7 Å². The highest BCUT2D eigenvalue weighted by atomic mass is 35.5. The van der Waals surface area contributed by atoms with Gasteiger partial charge in [-0.1, -0.05) is 25.4 Å². The Morgan fingerprint density at radius 1 is 1.28 bits per heavy atom. The van der Waals surface area contributed by atoms with Gasteiger partial charge in [-0.3, -0.25) is 0 Å². The van der Waals surface area contributed by atoms with E-state index in [1.54, 1.807) is 6.07 Å². The Kier molecular flexibility index (Phi) is 7.79. The first kappa shape index (κ1) is 17.6. The van der Waals surface area contributed by atoms with Gasteiger partial charge in [-0.25, -0.2) is 4.39 Å². The average Bonchev–Trinajstić information content (AvgIpc) is 2.23. The van der Waals surface area contributed by atoms with E-state index in [9.17, 15) is 9.50 Å². The molecule has 18 heavy (non-hydrogen) atoms. The van der Waals surface area contributed by atoms with Gasteiger partial charge in [-0.05, 0) is 42.5 Å². The molecule has 2 nitrogen and oxygen atoms in total. The van der Waals surface area contributed by atoms with E-state index in [0.29, 0.717) is 22.9 Å². The van der Waals surface area contributed by atoms with E-state index in [1.807, 2.05) is 0 Å². The van der Waals surface area contributed by atoms with Gasteiger partial charge in [-0.2, -0.15) is 0 Å². The van der Waals surface area contributed by atoms with Gasteiger partial charge in [-0.15, -0.1) is 12.4 Å². The second-order valence-electron chi connectivity index (χ2n) is 4.77. The van der Waals surface area contributed by atoms with E-state index < -0.39 is 18.0 Å². The lowest BCUT2D eigenvalue weighted by Crippen LogP contribution is -2.26. The molecule has 1 rings (SSSR count). The minimum atomic E-state index is -0.671. The van der Waals surface area contributed by atoms with Gasteiger partial charge in [0, 0.05) is 5.02 Å². The second-order valence-corrected chi connectivity index (χ2v) is 5.20. The fourth-order valence-electron chi connectivity index (χ4n) is 1.67. The zero-order valence-corrected chi connectivity index (χ0v) is 12.1. The van der Waals surface area contributed by atoms with Crippen LogP contribution >= 0.6 is 24.0 Å². The maximum atomic E-state index is 13.1. The van der Waals surface area contributed by atoms with E-state index in [0.717, 1.165) is 6.42 Å².